The van der Waals surface area contributed by atoms with Crippen molar-refractivity contribution in [2.24, 2.45) is 5.92 Å². The zero-order valence-electron chi connectivity index (χ0n) is 8.04. The van der Waals surface area contributed by atoms with Crippen LogP contribution in [0.2, 0.25) is 0 Å². The van der Waals surface area contributed by atoms with Crippen LogP contribution in [0.4, 0.5) is 0 Å². The summed E-state index contributed by atoms with van der Waals surface area (Å²) in [6.45, 7) is 2.71. The molecule has 1 heterocycles. The van der Waals surface area contributed by atoms with E-state index in [4.69, 9.17) is 0 Å². The fraction of sp³-hybridized carbons (Fsp3) is 1.00. The van der Waals surface area contributed by atoms with Gasteiger partial charge in [0, 0.05) is 6.54 Å². The van der Waals surface area contributed by atoms with Crippen molar-refractivity contribution < 1.29 is 8.42 Å². The normalized spacial score (nSPS) is 24.5. The molecule has 0 amide bonds. The molecule has 1 aliphatic rings. The molecular formula is C8H18N2O2S. The first-order chi connectivity index (χ1) is 6.08. The summed E-state index contributed by atoms with van der Waals surface area (Å²) < 4.78 is 24.0. The first kappa shape index (κ1) is 10.9. The summed E-state index contributed by atoms with van der Waals surface area (Å²) in [7, 11) is -3.00. The van der Waals surface area contributed by atoms with Crippen molar-refractivity contribution in [3.63, 3.8) is 0 Å². The van der Waals surface area contributed by atoms with Crippen LogP contribution in [0.5, 0.6) is 0 Å². The van der Waals surface area contributed by atoms with E-state index in [1.54, 1.807) is 0 Å². The number of sulfonamides is 1. The van der Waals surface area contributed by atoms with Gasteiger partial charge in [-0.15, -0.1) is 0 Å². The van der Waals surface area contributed by atoms with Crippen LogP contribution in [0.1, 0.15) is 19.3 Å². The Balaban J connectivity index is 2.11. The molecule has 0 radical (unpaired) electrons. The molecular weight excluding hydrogens is 188 g/mol. The Hall–Kier alpha value is -0.130. The molecule has 0 unspecified atom stereocenters. The number of rotatable bonds is 4. The fourth-order valence-electron chi connectivity index (χ4n) is 1.62. The molecule has 5 heteroatoms. The van der Waals surface area contributed by atoms with Gasteiger partial charge in [0.05, 0.1) is 6.26 Å². The van der Waals surface area contributed by atoms with Gasteiger partial charge >= 0.3 is 0 Å². The maximum absolute atomic E-state index is 10.7. The van der Waals surface area contributed by atoms with Crippen LogP contribution in [-0.2, 0) is 10.0 Å². The minimum Gasteiger partial charge on any atom is -0.316 e. The Morgan fingerprint density at radius 3 is 2.85 bits per heavy atom. The second-order valence-corrected chi connectivity index (χ2v) is 5.50. The number of nitrogens with one attached hydrogen (secondary N) is 2. The molecule has 1 atom stereocenters. The summed E-state index contributed by atoms with van der Waals surface area (Å²) in [5.74, 6) is 0.642. The molecule has 0 spiro atoms. The highest BCUT2D eigenvalue weighted by Crippen LogP contribution is 2.12. The molecule has 1 fully saturated rings. The van der Waals surface area contributed by atoms with E-state index < -0.39 is 10.0 Å². The van der Waals surface area contributed by atoms with E-state index in [0.717, 1.165) is 19.5 Å². The predicted octanol–water partition coefficient (Wildman–Crippen LogP) is -0.0747. The molecule has 0 bridgehead atoms. The Morgan fingerprint density at radius 2 is 2.31 bits per heavy atom. The monoisotopic (exact) mass is 206 g/mol. The highest BCUT2D eigenvalue weighted by Gasteiger charge is 2.12. The summed E-state index contributed by atoms with van der Waals surface area (Å²) >= 11 is 0. The van der Waals surface area contributed by atoms with Crippen molar-refractivity contribution >= 4 is 10.0 Å². The van der Waals surface area contributed by atoms with E-state index in [9.17, 15) is 8.42 Å². The number of hydrogen-bond acceptors (Lipinski definition) is 3. The minimum absolute atomic E-state index is 0.575. The van der Waals surface area contributed by atoms with Crippen molar-refractivity contribution in [1.29, 1.82) is 0 Å². The van der Waals surface area contributed by atoms with Crippen LogP contribution < -0.4 is 10.0 Å². The van der Waals surface area contributed by atoms with Gasteiger partial charge in [0.2, 0.25) is 10.0 Å². The van der Waals surface area contributed by atoms with Gasteiger partial charge in [-0.2, -0.15) is 0 Å². The van der Waals surface area contributed by atoms with Crippen molar-refractivity contribution in [3.05, 3.63) is 0 Å². The third kappa shape index (κ3) is 5.23. The third-order valence-corrected chi connectivity index (χ3v) is 3.04. The van der Waals surface area contributed by atoms with E-state index in [-0.39, 0.29) is 0 Å². The van der Waals surface area contributed by atoms with Crippen molar-refractivity contribution in [3.8, 4) is 0 Å². The molecule has 0 saturated carbocycles. The van der Waals surface area contributed by atoms with Gasteiger partial charge in [-0.25, -0.2) is 13.1 Å². The Morgan fingerprint density at radius 1 is 1.54 bits per heavy atom. The lowest BCUT2D eigenvalue weighted by Crippen LogP contribution is -2.32. The standard InChI is InChI=1S/C8H18N2O2S/c1-13(11,12)10-6-4-8-3-2-5-9-7-8/h8-10H,2-7H2,1H3/t8-/m1/s1. The SMILES string of the molecule is CS(=O)(=O)NCC[C@H]1CCCNC1. The van der Waals surface area contributed by atoms with Gasteiger partial charge in [0.25, 0.3) is 0 Å². The number of hydrogen-bond donors (Lipinski definition) is 2. The summed E-state index contributed by atoms with van der Waals surface area (Å²) in [5, 5.41) is 3.31. The van der Waals surface area contributed by atoms with Crippen LogP contribution in [0, 0.1) is 5.92 Å². The zero-order chi connectivity index (χ0) is 9.73. The van der Waals surface area contributed by atoms with Crippen LogP contribution in [0.25, 0.3) is 0 Å². The Labute approximate surface area is 80.1 Å². The second-order valence-electron chi connectivity index (χ2n) is 3.67. The largest absolute Gasteiger partial charge is 0.316 e. The van der Waals surface area contributed by atoms with E-state index in [1.165, 1.54) is 19.1 Å². The van der Waals surface area contributed by atoms with Crippen LogP contribution in [0.3, 0.4) is 0 Å². The summed E-state index contributed by atoms with van der Waals surface area (Å²) in [5.41, 5.74) is 0. The summed E-state index contributed by atoms with van der Waals surface area (Å²) in [4.78, 5) is 0. The Kier molecular flexibility index (Phi) is 4.15. The van der Waals surface area contributed by atoms with Crippen LogP contribution in [-0.4, -0.2) is 34.3 Å². The lowest BCUT2D eigenvalue weighted by atomic mass is 9.96. The first-order valence-electron chi connectivity index (χ1n) is 4.73. The molecule has 1 saturated heterocycles. The molecule has 78 valence electrons. The molecule has 1 aliphatic heterocycles. The van der Waals surface area contributed by atoms with Crippen LogP contribution in [0.15, 0.2) is 0 Å². The smallest absolute Gasteiger partial charge is 0.208 e. The van der Waals surface area contributed by atoms with Crippen LogP contribution >= 0.6 is 0 Å². The molecule has 0 aromatic rings. The predicted molar refractivity (Wildman–Crippen MR) is 53.1 cm³/mol. The maximum atomic E-state index is 10.7. The molecule has 4 nitrogen and oxygen atoms in total. The van der Waals surface area contributed by atoms with E-state index >= 15 is 0 Å². The fourth-order valence-corrected chi connectivity index (χ4v) is 2.11. The van der Waals surface area contributed by atoms with Gasteiger partial charge in [-0.1, -0.05) is 0 Å². The average molecular weight is 206 g/mol. The molecule has 0 aliphatic carbocycles. The second kappa shape index (κ2) is 4.93. The highest BCUT2D eigenvalue weighted by molar-refractivity contribution is 7.88. The lowest BCUT2D eigenvalue weighted by molar-refractivity contribution is 0.358. The van der Waals surface area contributed by atoms with Gasteiger partial charge < -0.3 is 5.32 Å². The van der Waals surface area contributed by atoms with E-state index in [2.05, 4.69) is 10.0 Å². The van der Waals surface area contributed by atoms with Gasteiger partial charge in [0.1, 0.15) is 0 Å². The highest BCUT2D eigenvalue weighted by atomic mass is 32.2. The Bertz CT molecular complexity index is 233. The quantitative estimate of drug-likeness (QED) is 0.677. The number of piperidine rings is 1. The third-order valence-electron chi connectivity index (χ3n) is 2.32. The van der Waals surface area contributed by atoms with E-state index in [0.29, 0.717) is 12.5 Å². The van der Waals surface area contributed by atoms with E-state index in [1.807, 2.05) is 0 Å². The maximum Gasteiger partial charge on any atom is 0.208 e. The van der Waals surface area contributed by atoms with Gasteiger partial charge in [0.15, 0.2) is 0 Å². The topological polar surface area (TPSA) is 58.2 Å². The van der Waals surface area contributed by atoms with Crippen molar-refractivity contribution in [1.82, 2.24) is 10.0 Å². The molecule has 13 heavy (non-hydrogen) atoms. The van der Waals surface area contributed by atoms with Crippen molar-refractivity contribution in [2.45, 2.75) is 19.3 Å². The molecule has 1 rings (SSSR count). The molecule has 2 N–H and O–H groups in total. The molecule has 0 aromatic carbocycles. The van der Waals surface area contributed by atoms with Gasteiger partial charge in [-0.3, -0.25) is 0 Å². The molecule has 0 aromatic heterocycles. The zero-order valence-corrected chi connectivity index (χ0v) is 8.86. The van der Waals surface area contributed by atoms with Crippen molar-refractivity contribution in [2.75, 3.05) is 25.9 Å². The minimum atomic E-state index is -3.00. The average Bonchev–Trinajstić information content (AvgIpc) is 2.04. The summed E-state index contributed by atoms with van der Waals surface area (Å²) in [6, 6.07) is 0. The van der Waals surface area contributed by atoms with Gasteiger partial charge in [-0.05, 0) is 38.3 Å². The first-order valence-corrected chi connectivity index (χ1v) is 6.62. The summed E-state index contributed by atoms with van der Waals surface area (Å²) in [6.07, 6.45) is 4.58. The lowest BCUT2D eigenvalue weighted by Gasteiger charge is -2.22.